The van der Waals surface area contributed by atoms with Crippen molar-refractivity contribution < 1.29 is 14.1 Å². The van der Waals surface area contributed by atoms with E-state index in [1.807, 2.05) is 0 Å². The quantitative estimate of drug-likeness (QED) is 0.684. The monoisotopic (exact) mass is 273 g/mol. The second-order valence-electron chi connectivity index (χ2n) is 2.82. The van der Waals surface area contributed by atoms with E-state index < -0.39 is 10.8 Å². The predicted octanol–water partition coefficient (Wildman–Crippen LogP) is 2.55. The minimum atomic E-state index is -0.586. The van der Waals surface area contributed by atoms with Gasteiger partial charge in [-0.2, -0.15) is 0 Å². The Morgan fingerprint density at radius 3 is 2.88 bits per heavy atom. The van der Waals surface area contributed by atoms with Crippen LogP contribution in [0.5, 0.6) is 0 Å². The summed E-state index contributed by atoms with van der Waals surface area (Å²) >= 11 is 6.26. The highest BCUT2D eigenvalue weighted by Crippen LogP contribution is 2.25. The molecule has 0 aliphatic carbocycles. The van der Waals surface area contributed by atoms with Crippen LogP contribution in [0.25, 0.3) is 0 Å². The average molecular weight is 274 g/mol. The van der Waals surface area contributed by atoms with Crippen molar-refractivity contribution in [1.82, 2.24) is 4.98 Å². The van der Waals surface area contributed by atoms with Gasteiger partial charge >= 0.3 is 5.00 Å². The van der Waals surface area contributed by atoms with Gasteiger partial charge in [0.2, 0.25) is 0 Å². The zero-order chi connectivity index (χ0) is 12.4. The maximum absolute atomic E-state index is 11.5. The highest BCUT2D eigenvalue weighted by atomic mass is 35.5. The summed E-state index contributed by atoms with van der Waals surface area (Å²) in [6.45, 7) is 0. The van der Waals surface area contributed by atoms with Gasteiger partial charge in [-0.3, -0.25) is 20.2 Å². The van der Waals surface area contributed by atoms with E-state index in [9.17, 15) is 14.9 Å². The van der Waals surface area contributed by atoms with Crippen molar-refractivity contribution in [2.24, 2.45) is 0 Å². The number of aromatic nitrogens is 1. The summed E-state index contributed by atoms with van der Waals surface area (Å²) in [5, 5.41) is 12.8. The first-order valence-corrected chi connectivity index (χ1v) is 5.42. The van der Waals surface area contributed by atoms with Gasteiger partial charge < -0.3 is 4.42 Å². The van der Waals surface area contributed by atoms with Gasteiger partial charge in [0, 0.05) is 0 Å². The molecule has 0 aliphatic heterocycles. The van der Waals surface area contributed by atoms with E-state index in [0.29, 0.717) is 0 Å². The molecule has 2 heterocycles. The molecule has 7 nitrogen and oxygen atoms in total. The number of hydrogen-bond donors (Lipinski definition) is 1. The molecular formula is C8H4ClN3O4S. The highest BCUT2D eigenvalue weighted by Gasteiger charge is 2.16. The number of carbonyl (C=O) groups is 1. The lowest BCUT2D eigenvalue weighted by Crippen LogP contribution is -2.10. The Morgan fingerprint density at radius 1 is 1.59 bits per heavy atom. The van der Waals surface area contributed by atoms with Gasteiger partial charge in [0.25, 0.3) is 5.91 Å². The molecule has 1 amide bonds. The first kappa shape index (κ1) is 11.6. The zero-order valence-corrected chi connectivity index (χ0v) is 9.62. The van der Waals surface area contributed by atoms with Crippen LogP contribution in [-0.2, 0) is 0 Å². The summed E-state index contributed by atoms with van der Waals surface area (Å²) in [6.07, 6.45) is 1.06. The number of nitro groups is 1. The van der Waals surface area contributed by atoms with Gasteiger partial charge in [0.1, 0.15) is 6.20 Å². The molecule has 0 atom stereocenters. The summed E-state index contributed by atoms with van der Waals surface area (Å²) < 4.78 is 4.87. The summed E-state index contributed by atoms with van der Waals surface area (Å²) in [5.41, 5.74) is 0. The van der Waals surface area contributed by atoms with Crippen molar-refractivity contribution in [3.63, 3.8) is 0 Å². The number of furan rings is 1. The number of amides is 1. The van der Waals surface area contributed by atoms with Crippen LogP contribution in [0.3, 0.4) is 0 Å². The van der Waals surface area contributed by atoms with E-state index in [-0.39, 0.29) is 21.1 Å². The third-order valence-electron chi connectivity index (χ3n) is 1.69. The van der Waals surface area contributed by atoms with Gasteiger partial charge in [-0.15, -0.1) is 0 Å². The SMILES string of the molecule is O=C(Nc1ncc([N+](=O)[O-])s1)c1ccc(Cl)o1. The Bertz CT molecular complexity index is 579. The molecule has 0 unspecified atom stereocenters. The standard InChI is InChI=1S/C8H4ClN3O4S/c9-5-2-1-4(16-5)7(13)11-8-10-3-6(17-8)12(14)15/h1-3H,(H,10,11,13). The van der Waals surface area contributed by atoms with Gasteiger partial charge in [-0.05, 0) is 35.1 Å². The van der Waals surface area contributed by atoms with Crippen molar-refractivity contribution >= 4 is 39.0 Å². The maximum Gasteiger partial charge on any atom is 0.345 e. The number of thiazole rings is 1. The topological polar surface area (TPSA) is 98.3 Å². The number of carbonyl (C=O) groups excluding carboxylic acids is 1. The van der Waals surface area contributed by atoms with Gasteiger partial charge in [-0.1, -0.05) is 0 Å². The van der Waals surface area contributed by atoms with Crippen LogP contribution in [0, 0.1) is 10.1 Å². The Labute approximate surface area is 103 Å². The van der Waals surface area contributed by atoms with Crippen LogP contribution in [0.2, 0.25) is 5.22 Å². The van der Waals surface area contributed by atoms with Crippen LogP contribution in [0.1, 0.15) is 10.6 Å². The summed E-state index contributed by atoms with van der Waals surface area (Å²) in [6, 6.07) is 2.81. The predicted molar refractivity (Wildman–Crippen MR) is 60.4 cm³/mol. The van der Waals surface area contributed by atoms with E-state index >= 15 is 0 Å². The fraction of sp³-hybridized carbons (Fsp3) is 0. The molecule has 0 bridgehead atoms. The molecule has 0 fully saturated rings. The summed E-state index contributed by atoms with van der Waals surface area (Å²) in [5.74, 6) is -0.561. The van der Waals surface area contributed by atoms with Crippen LogP contribution in [0.15, 0.2) is 22.7 Å². The Kier molecular flexibility index (Phi) is 3.07. The average Bonchev–Trinajstić information content (AvgIpc) is 2.86. The second kappa shape index (κ2) is 4.52. The lowest BCUT2D eigenvalue weighted by Gasteiger charge is -1.96. The zero-order valence-electron chi connectivity index (χ0n) is 8.05. The fourth-order valence-electron chi connectivity index (χ4n) is 1.00. The number of nitrogens with zero attached hydrogens (tertiary/aromatic N) is 2. The van der Waals surface area contributed by atoms with Crippen LogP contribution < -0.4 is 5.32 Å². The molecule has 9 heteroatoms. The number of rotatable bonds is 3. The molecule has 17 heavy (non-hydrogen) atoms. The molecule has 0 saturated heterocycles. The van der Waals surface area contributed by atoms with Gasteiger partial charge in [0.05, 0.1) is 4.92 Å². The summed E-state index contributed by atoms with van der Waals surface area (Å²) in [4.78, 5) is 25.0. The Morgan fingerprint density at radius 2 is 2.35 bits per heavy atom. The van der Waals surface area contributed by atoms with E-state index in [1.165, 1.54) is 12.1 Å². The Hall–Kier alpha value is -1.93. The molecule has 2 aromatic heterocycles. The third-order valence-corrected chi connectivity index (χ3v) is 2.76. The van der Waals surface area contributed by atoms with E-state index in [4.69, 9.17) is 16.0 Å². The van der Waals surface area contributed by atoms with Crippen molar-refractivity contribution in [3.05, 3.63) is 39.4 Å². The molecule has 0 aromatic carbocycles. The molecule has 0 radical (unpaired) electrons. The fourth-order valence-corrected chi connectivity index (χ4v) is 1.78. The molecule has 0 saturated carbocycles. The van der Waals surface area contributed by atoms with Crippen molar-refractivity contribution in [1.29, 1.82) is 0 Å². The third kappa shape index (κ3) is 2.60. The first-order valence-electron chi connectivity index (χ1n) is 4.23. The minimum absolute atomic E-state index is 0.00727. The normalized spacial score (nSPS) is 10.2. The molecule has 2 rings (SSSR count). The van der Waals surface area contributed by atoms with E-state index in [1.54, 1.807) is 0 Å². The Balaban J connectivity index is 2.10. The lowest BCUT2D eigenvalue weighted by molar-refractivity contribution is -0.380. The van der Waals surface area contributed by atoms with Gasteiger partial charge in [0.15, 0.2) is 16.1 Å². The highest BCUT2D eigenvalue weighted by molar-refractivity contribution is 7.18. The number of nitrogens with one attached hydrogen (secondary N) is 1. The smallest absolute Gasteiger partial charge is 0.345 e. The summed E-state index contributed by atoms with van der Waals surface area (Å²) in [7, 11) is 0. The molecule has 2 aromatic rings. The molecule has 88 valence electrons. The first-order chi connectivity index (χ1) is 8.06. The van der Waals surface area contributed by atoms with Crippen molar-refractivity contribution in [3.8, 4) is 0 Å². The largest absolute Gasteiger partial charge is 0.440 e. The van der Waals surface area contributed by atoms with E-state index in [2.05, 4.69) is 10.3 Å². The molecule has 1 N–H and O–H groups in total. The number of hydrogen-bond acceptors (Lipinski definition) is 6. The van der Waals surface area contributed by atoms with Crippen LogP contribution in [0.4, 0.5) is 10.1 Å². The van der Waals surface area contributed by atoms with Crippen molar-refractivity contribution in [2.75, 3.05) is 5.32 Å². The molecule has 0 aliphatic rings. The lowest BCUT2D eigenvalue weighted by atomic mass is 10.4. The van der Waals surface area contributed by atoms with Crippen molar-refractivity contribution in [2.45, 2.75) is 0 Å². The minimum Gasteiger partial charge on any atom is -0.440 e. The van der Waals surface area contributed by atoms with Crippen LogP contribution >= 0.6 is 22.9 Å². The second-order valence-corrected chi connectivity index (χ2v) is 4.20. The number of halogens is 1. The number of anilines is 1. The van der Waals surface area contributed by atoms with E-state index in [0.717, 1.165) is 17.5 Å². The van der Waals surface area contributed by atoms with Gasteiger partial charge in [-0.25, -0.2) is 4.98 Å². The molecule has 0 spiro atoms. The maximum atomic E-state index is 11.5. The van der Waals surface area contributed by atoms with Crippen LogP contribution in [-0.4, -0.2) is 15.8 Å². The molecular weight excluding hydrogens is 270 g/mol.